The zero-order valence-corrected chi connectivity index (χ0v) is 26.5. The van der Waals surface area contributed by atoms with Crippen molar-refractivity contribution in [2.45, 2.75) is 26.3 Å². The third-order valence-electron chi connectivity index (χ3n) is 7.75. The van der Waals surface area contributed by atoms with E-state index in [1.165, 1.54) is 13.0 Å². The van der Waals surface area contributed by atoms with Crippen molar-refractivity contribution in [3.63, 3.8) is 0 Å². The molecule has 1 fully saturated rings. The van der Waals surface area contributed by atoms with Gasteiger partial charge in [0.15, 0.2) is 5.57 Å². The molecule has 0 atom stereocenters. The average Bonchev–Trinajstić information content (AvgIpc) is 3.59. The fourth-order valence-corrected chi connectivity index (χ4v) is 6.05. The topological polar surface area (TPSA) is 166 Å². The number of rotatable bonds is 8. The van der Waals surface area contributed by atoms with E-state index in [-0.39, 0.29) is 17.1 Å². The lowest BCUT2D eigenvalue weighted by atomic mass is 9.93. The molecule has 3 amide bonds. The molecule has 0 spiro atoms. The van der Waals surface area contributed by atoms with E-state index in [4.69, 9.17) is 0 Å². The number of hydrogen-bond donors (Lipinski definition) is 5. The first-order valence-corrected chi connectivity index (χ1v) is 15.2. The van der Waals surface area contributed by atoms with Gasteiger partial charge in [0.25, 0.3) is 17.7 Å². The Balaban J connectivity index is 1.40. The molecule has 5 N–H and O–H groups in total. The molecular formula is C32H33FN8O4S. The summed E-state index contributed by atoms with van der Waals surface area (Å²) in [5, 5.41) is 34.9. The molecule has 0 aliphatic carbocycles. The quantitative estimate of drug-likeness (QED) is 0.104. The second-order valence-corrected chi connectivity index (χ2v) is 12.5. The number of aromatic amines is 1. The number of likely N-dealkylation sites (N-methyl/N-ethyl adjacent to an activating group) is 1. The predicted molar refractivity (Wildman–Crippen MR) is 175 cm³/mol. The van der Waals surface area contributed by atoms with Gasteiger partial charge < -0.3 is 30.9 Å². The van der Waals surface area contributed by atoms with Crippen LogP contribution >= 0.6 is 11.3 Å². The molecule has 238 valence electrons. The van der Waals surface area contributed by atoms with Gasteiger partial charge in [-0.3, -0.25) is 19.5 Å². The van der Waals surface area contributed by atoms with E-state index in [2.05, 4.69) is 35.9 Å². The van der Waals surface area contributed by atoms with Gasteiger partial charge in [0.2, 0.25) is 0 Å². The zero-order chi connectivity index (χ0) is 33.2. The number of amides is 3. The van der Waals surface area contributed by atoms with E-state index in [0.717, 1.165) is 43.2 Å². The van der Waals surface area contributed by atoms with Crippen molar-refractivity contribution in [3.8, 4) is 6.07 Å². The number of nitrogens with zero attached hydrogens (tertiary/aromatic N) is 4. The number of halogens is 1. The fourth-order valence-electron chi connectivity index (χ4n) is 5.16. The molecule has 12 nitrogen and oxygen atoms in total. The number of allylic oxidation sites excluding steroid dienone is 1. The molecule has 0 unspecified atom stereocenters. The van der Waals surface area contributed by atoms with Crippen molar-refractivity contribution >= 4 is 56.5 Å². The molecule has 1 aliphatic rings. The van der Waals surface area contributed by atoms with Crippen molar-refractivity contribution in [2.75, 3.05) is 48.8 Å². The highest BCUT2D eigenvalue weighted by Crippen LogP contribution is 2.32. The summed E-state index contributed by atoms with van der Waals surface area (Å²) in [5.41, 5.74) is -0.121. The first kappa shape index (κ1) is 32.1. The average molecular weight is 645 g/mol. The van der Waals surface area contributed by atoms with Crippen LogP contribution in [0.5, 0.6) is 0 Å². The number of anilines is 3. The van der Waals surface area contributed by atoms with Crippen LogP contribution in [0.3, 0.4) is 0 Å². The molecule has 4 aromatic rings. The summed E-state index contributed by atoms with van der Waals surface area (Å²) < 4.78 is 14.4. The number of H-pyrrole nitrogens is 1. The third-order valence-corrected chi connectivity index (χ3v) is 8.78. The molecule has 1 aliphatic heterocycles. The van der Waals surface area contributed by atoms with Gasteiger partial charge in [-0.1, -0.05) is 18.2 Å². The van der Waals surface area contributed by atoms with Crippen molar-refractivity contribution < 1.29 is 23.9 Å². The molecule has 2 aromatic carbocycles. The van der Waals surface area contributed by atoms with E-state index < -0.39 is 40.4 Å². The summed E-state index contributed by atoms with van der Waals surface area (Å²) in [6.07, 6.45) is 0. The molecule has 14 heteroatoms. The number of carbonyl (C=O) groups excluding carboxylic acids is 3. The molecule has 1 saturated heterocycles. The highest BCUT2D eigenvalue weighted by atomic mass is 32.1. The van der Waals surface area contributed by atoms with Crippen molar-refractivity contribution in [1.29, 1.82) is 5.26 Å². The van der Waals surface area contributed by atoms with Gasteiger partial charge in [-0.15, -0.1) is 11.3 Å². The Bertz CT molecular complexity index is 1890. The second-order valence-electron chi connectivity index (χ2n) is 11.5. The summed E-state index contributed by atoms with van der Waals surface area (Å²) >= 11 is 1.10. The Hall–Kier alpha value is -5.26. The highest BCUT2D eigenvalue weighted by molar-refractivity contribution is 7.20. The van der Waals surface area contributed by atoms with Crippen LogP contribution in [-0.2, 0) is 10.3 Å². The number of hydrogen-bond acceptors (Lipinski definition) is 9. The number of thiophene rings is 1. The number of nitrogens with one attached hydrogen (secondary N) is 4. The lowest BCUT2D eigenvalue weighted by Gasteiger charge is -2.34. The first-order valence-electron chi connectivity index (χ1n) is 14.4. The van der Waals surface area contributed by atoms with E-state index in [0.29, 0.717) is 20.7 Å². The van der Waals surface area contributed by atoms with Crippen LogP contribution in [0.25, 0.3) is 10.2 Å². The van der Waals surface area contributed by atoms with Gasteiger partial charge >= 0.3 is 0 Å². The number of aliphatic hydroxyl groups is 1. The SMILES string of the molecule is C/C(O)=C(/C#N)C(=O)Nc1cc(N2CCN(C)CC2)ccc1C(=O)Nc1[nH]nc2sc(C(=O)NC(C)(C)c3ccccc3F)cc12. The number of nitriles is 1. The van der Waals surface area contributed by atoms with E-state index in [9.17, 15) is 29.1 Å². The largest absolute Gasteiger partial charge is 0.511 e. The number of aromatic nitrogens is 2. The number of benzene rings is 2. The second kappa shape index (κ2) is 13.0. The van der Waals surface area contributed by atoms with Crippen molar-refractivity contribution in [3.05, 3.63) is 81.7 Å². The van der Waals surface area contributed by atoms with E-state index in [1.807, 2.05) is 7.05 Å². The molecule has 3 heterocycles. The number of carbonyl (C=O) groups is 3. The number of piperazine rings is 1. The summed E-state index contributed by atoms with van der Waals surface area (Å²) in [6, 6.07) is 14.5. The van der Waals surface area contributed by atoms with Gasteiger partial charge in [0.05, 0.1) is 27.1 Å². The molecule has 2 aromatic heterocycles. The first-order chi connectivity index (χ1) is 21.9. The number of fused-ring (bicyclic) bond motifs is 1. The van der Waals surface area contributed by atoms with Gasteiger partial charge in [0.1, 0.15) is 28.3 Å². The molecular weight excluding hydrogens is 611 g/mol. The monoisotopic (exact) mass is 644 g/mol. The minimum Gasteiger partial charge on any atom is -0.511 e. The normalized spacial score (nSPS) is 14.4. The van der Waals surface area contributed by atoms with E-state index in [1.54, 1.807) is 62.4 Å². The molecule has 0 saturated carbocycles. The Labute approximate surface area is 268 Å². The van der Waals surface area contributed by atoms with Crippen LogP contribution in [0.4, 0.5) is 21.6 Å². The van der Waals surface area contributed by atoms with Gasteiger partial charge in [-0.2, -0.15) is 10.4 Å². The summed E-state index contributed by atoms with van der Waals surface area (Å²) in [5.74, 6) is -2.53. The van der Waals surface area contributed by atoms with Crippen LogP contribution in [0.15, 0.2) is 59.9 Å². The van der Waals surface area contributed by atoms with E-state index >= 15 is 0 Å². The molecule has 0 radical (unpaired) electrons. The summed E-state index contributed by atoms with van der Waals surface area (Å²) in [6.45, 7) is 7.80. The molecule has 5 rings (SSSR count). The number of aliphatic hydroxyl groups excluding tert-OH is 1. The van der Waals surface area contributed by atoms with Crippen LogP contribution in [-0.4, -0.2) is 71.2 Å². The highest BCUT2D eigenvalue weighted by Gasteiger charge is 2.28. The predicted octanol–water partition coefficient (Wildman–Crippen LogP) is 4.73. The molecule has 0 bridgehead atoms. The Morgan fingerprint density at radius 2 is 1.78 bits per heavy atom. The van der Waals surface area contributed by atoms with Crippen molar-refractivity contribution in [1.82, 2.24) is 20.4 Å². The fraction of sp³-hybridized carbons (Fsp3) is 0.281. The van der Waals surface area contributed by atoms with Crippen LogP contribution in [0.2, 0.25) is 0 Å². The Morgan fingerprint density at radius 1 is 1.07 bits per heavy atom. The van der Waals surface area contributed by atoms with Gasteiger partial charge in [-0.05, 0) is 58.2 Å². The zero-order valence-electron chi connectivity index (χ0n) is 25.7. The molecule has 46 heavy (non-hydrogen) atoms. The van der Waals surface area contributed by atoms with Gasteiger partial charge in [0, 0.05) is 37.4 Å². The standard InChI is InChI=1S/C32H33FN8O4S/c1-18(42)22(17-34)29(44)35-25-15-19(41-13-11-40(4)12-14-41)9-10-20(25)28(43)36-27-21-16-26(46-31(21)39-38-27)30(45)37-32(2,3)23-7-5-6-8-24(23)33/h5-10,15-16,42H,11-14H2,1-4H3,(H,35,44)(H,37,45)(H2,36,38,39,43)/b22-18+. The lowest BCUT2D eigenvalue weighted by Crippen LogP contribution is -2.44. The van der Waals surface area contributed by atoms with Gasteiger partial charge in [-0.25, -0.2) is 4.39 Å². The minimum atomic E-state index is -1.00. The lowest BCUT2D eigenvalue weighted by molar-refractivity contribution is -0.112. The van der Waals surface area contributed by atoms with Crippen LogP contribution < -0.4 is 20.9 Å². The van der Waals surface area contributed by atoms with Crippen LogP contribution in [0.1, 0.15) is 46.4 Å². The third kappa shape index (κ3) is 6.70. The van der Waals surface area contributed by atoms with Crippen molar-refractivity contribution in [2.24, 2.45) is 0 Å². The van der Waals surface area contributed by atoms with Crippen LogP contribution in [0, 0.1) is 17.1 Å². The smallest absolute Gasteiger partial charge is 0.269 e. The summed E-state index contributed by atoms with van der Waals surface area (Å²) in [4.78, 5) is 44.8. The maximum atomic E-state index is 14.4. The maximum Gasteiger partial charge on any atom is 0.269 e. The maximum absolute atomic E-state index is 14.4. The Morgan fingerprint density at radius 3 is 2.46 bits per heavy atom. The summed E-state index contributed by atoms with van der Waals surface area (Å²) in [7, 11) is 2.03. The Kier molecular flexibility index (Phi) is 9.08. The minimum absolute atomic E-state index is 0.0988.